The van der Waals surface area contributed by atoms with Crippen LogP contribution in [-0.4, -0.2) is 49.8 Å². The molecule has 1 aliphatic carbocycles. The number of ether oxygens (including phenoxy) is 3. The summed E-state index contributed by atoms with van der Waals surface area (Å²) in [6, 6.07) is 0. The molecule has 0 saturated heterocycles. The van der Waals surface area contributed by atoms with Crippen LogP contribution in [0.5, 0.6) is 0 Å². The zero-order valence-corrected chi connectivity index (χ0v) is 9.10. The van der Waals surface area contributed by atoms with E-state index in [1.54, 1.807) is 7.11 Å². The normalized spacial score (nSPS) is 33.9. The van der Waals surface area contributed by atoms with Gasteiger partial charge >= 0.3 is 0 Å². The maximum atomic E-state index is 9.42. The molecule has 0 heterocycles. The smallest absolute Gasteiger partial charge is 0.110 e. The molecule has 0 aromatic heterocycles. The minimum absolute atomic E-state index is 0.0232. The highest BCUT2D eigenvalue weighted by atomic mass is 16.6. The van der Waals surface area contributed by atoms with Crippen molar-refractivity contribution >= 4 is 0 Å². The van der Waals surface area contributed by atoms with Gasteiger partial charge in [-0.1, -0.05) is 0 Å². The van der Waals surface area contributed by atoms with Crippen LogP contribution in [0.15, 0.2) is 0 Å². The summed E-state index contributed by atoms with van der Waals surface area (Å²) >= 11 is 0. The van der Waals surface area contributed by atoms with Crippen LogP contribution in [0.2, 0.25) is 0 Å². The highest BCUT2D eigenvalue weighted by molar-refractivity contribution is 4.92. The van der Waals surface area contributed by atoms with Gasteiger partial charge in [-0.3, -0.25) is 0 Å². The lowest BCUT2D eigenvalue weighted by Gasteiger charge is -2.41. The van der Waals surface area contributed by atoms with Crippen LogP contribution in [0.25, 0.3) is 0 Å². The van der Waals surface area contributed by atoms with Crippen molar-refractivity contribution in [2.24, 2.45) is 0 Å². The summed E-state index contributed by atoms with van der Waals surface area (Å²) in [7, 11) is 1.65. The van der Waals surface area contributed by atoms with Gasteiger partial charge < -0.3 is 19.3 Å². The van der Waals surface area contributed by atoms with Crippen molar-refractivity contribution in [3.8, 4) is 0 Å². The van der Waals surface area contributed by atoms with E-state index in [4.69, 9.17) is 14.2 Å². The molecule has 4 unspecified atom stereocenters. The van der Waals surface area contributed by atoms with E-state index >= 15 is 0 Å². The van der Waals surface area contributed by atoms with E-state index in [1.807, 2.05) is 13.8 Å². The Morgan fingerprint density at radius 1 is 1.50 bits per heavy atom. The Morgan fingerprint density at radius 2 is 2.21 bits per heavy atom. The van der Waals surface area contributed by atoms with Gasteiger partial charge in [0.1, 0.15) is 6.10 Å². The Hall–Kier alpha value is -0.160. The molecule has 0 aromatic rings. The van der Waals surface area contributed by atoms with Crippen LogP contribution in [0.3, 0.4) is 0 Å². The maximum Gasteiger partial charge on any atom is 0.110 e. The lowest BCUT2D eigenvalue weighted by molar-refractivity contribution is -0.208. The average Bonchev–Trinajstić information content (AvgIpc) is 2.14. The molecule has 4 heteroatoms. The molecule has 4 atom stereocenters. The largest absolute Gasteiger partial charge is 0.390 e. The van der Waals surface area contributed by atoms with Crippen LogP contribution in [0.1, 0.15) is 20.3 Å². The van der Waals surface area contributed by atoms with Crippen LogP contribution >= 0.6 is 0 Å². The van der Waals surface area contributed by atoms with E-state index in [2.05, 4.69) is 0 Å². The Kier molecular flexibility index (Phi) is 4.81. The van der Waals surface area contributed by atoms with Gasteiger partial charge in [0, 0.05) is 20.1 Å². The highest BCUT2D eigenvalue weighted by Gasteiger charge is 2.42. The number of rotatable bonds is 6. The third kappa shape index (κ3) is 2.92. The summed E-state index contributed by atoms with van der Waals surface area (Å²) in [6.07, 6.45) is 0.225. The summed E-state index contributed by atoms with van der Waals surface area (Å²) in [4.78, 5) is 0. The number of methoxy groups -OCH3 is 1. The predicted octanol–water partition coefficient (Wildman–Crippen LogP) is 0.576. The topological polar surface area (TPSA) is 47.9 Å². The predicted molar refractivity (Wildman–Crippen MR) is 52.2 cm³/mol. The molecule has 0 amide bonds. The number of hydrogen-bond donors (Lipinski definition) is 1. The van der Waals surface area contributed by atoms with Crippen LogP contribution < -0.4 is 0 Å². The minimum atomic E-state index is -0.366. The lowest BCUT2D eigenvalue weighted by atomic mass is 9.88. The van der Waals surface area contributed by atoms with E-state index in [9.17, 15) is 5.11 Å². The van der Waals surface area contributed by atoms with Gasteiger partial charge in [-0.05, 0) is 13.8 Å². The molecule has 1 fully saturated rings. The molecule has 0 bridgehead atoms. The minimum Gasteiger partial charge on any atom is -0.390 e. The number of hydrogen-bond acceptors (Lipinski definition) is 4. The van der Waals surface area contributed by atoms with Crippen LogP contribution in [0, 0.1) is 0 Å². The zero-order valence-electron chi connectivity index (χ0n) is 9.10. The van der Waals surface area contributed by atoms with Gasteiger partial charge in [0.2, 0.25) is 0 Å². The Labute approximate surface area is 85.2 Å². The van der Waals surface area contributed by atoms with Crippen molar-refractivity contribution in [3.63, 3.8) is 0 Å². The van der Waals surface area contributed by atoms with Crippen molar-refractivity contribution in [1.29, 1.82) is 0 Å². The molecule has 1 N–H and O–H groups in total. The first-order valence-electron chi connectivity index (χ1n) is 5.13. The third-order valence-electron chi connectivity index (χ3n) is 2.39. The maximum absolute atomic E-state index is 9.42. The van der Waals surface area contributed by atoms with Gasteiger partial charge in [-0.15, -0.1) is 0 Å². The summed E-state index contributed by atoms with van der Waals surface area (Å²) in [5.74, 6) is 0. The molecule has 0 aromatic carbocycles. The standard InChI is InChI=1S/C10H20O4/c1-4-13-10-8(11)5-9(10)14-7(2)6-12-3/h7-11H,4-6H2,1-3H3. The van der Waals surface area contributed by atoms with E-state index in [0.717, 1.165) is 0 Å². The quantitative estimate of drug-likeness (QED) is 0.687. The first kappa shape index (κ1) is 11.9. The van der Waals surface area contributed by atoms with Crippen molar-refractivity contribution in [1.82, 2.24) is 0 Å². The Bertz CT molecular complexity index is 162. The van der Waals surface area contributed by atoms with Gasteiger partial charge in [0.05, 0.1) is 24.9 Å². The van der Waals surface area contributed by atoms with Gasteiger partial charge in [-0.25, -0.2) is 0 Å². The van der Waals surface area contributed by atoms with E-state index in [1.165, 1.54) is 0 Å². The highest BCUT2D eigenvalue weighted by Crippen LogP contribution is 2.28. The summed E-state index contributed by atoms with van der Waals surface area (Å²) < 4.78 is 16.0. The van der Waals surface area contributed by atoms with Gasteiger partial charge in [0.15, 0.2) is 0 Å². The van der Waals surface area contributed by atoms with Crippen molar-refractivity contribution in [3.05, 3.63) is 0 Å². The van der Waals surface area contributed by atoms with Gasteiger partial charge in [-0.2, -0.15) is 0 Å². The molecule has 14 heavy (non-hydrogen) atoms. The van der Waals surface area contributed by atoms with E-state index in [-0.39, 0.29) is 24.4 Å². The van der Waals surface area contributed by atoms with Crippen molar-refractivity contribution in [2.75, 3.05) is 20.3 Å². The van der Waals surface area contributed by atoms with Crippen LogP contribution in [-0.2, 0) is 14.2 Å². The Morgan fingerprint density at radius 3 is 2.71 bits per heavy atom. The summed E-state index contributed by atoms with van der Waals surface area (Å²) in [6.45, 7) is 5.06. The SMILES string of the molecule is CCOC1C(O)CC1OC(C)COC. The fourth-order valence-corrected chi connectivity index (χ4v) is 1.67. The lowest BCUT2D eigenvalue weighted by Crippen LogP contribution is -2.54. The fraction of sp³-hybridized carbons (Fsp3) is 1.00. The van der Waals surface area contributed by atoms with Crippen molar-refractivity contribution < 1.29 is 19.3 Å². The fourth-order valence-electron chi connectivity index (χ4n) is 1.67. The van der Waals surface area contributed by atoms with Gasteiger partial charge in [0.25, 0.3) is 0 Å². The molecule has 1 rings (SSSR count). The number of aliphatic hydroxyl groups is 1. The third-order valence-corrected chi connectivity index (χ3v) is 2.39. The molecule has 1 saturated carbocycles. The summed E-state index contributed by atoms with van der Waals surface area (Å²) in [5.41, 5.74) is 0. The monoisotopic (exact) mass is 204 g/mol. The molecule has 4 nitrogen and oxygen atoms in total. The molecular formula is C10H20O4. The second-order valence-electron chi connectivity index (χ2n) is 3.66. The average molecular weight is 204 g/mol. The number of aliphatic hydroxyl groups excluding tert-OH is 1. The van der Waals surface area contributed by atoms with Crippen LogP contribution in [0.4, 0.5) is 0 Å². The molecular weight excluding hydrogens is 184 g/mol. The zero-order chi connectivity index (χ0) is 10.6. The molecule has 0 spiro atoms. The molecule has 0 radical (unpaired) electrons. The Balaban J connectivity index is 2.24. The second kappa shape index (κ2) is 5.66. The molecule has 1 aliphatic rings. The van der Waals surface area contributed by atoms with Crippen molar-refractivity contribution in [2.45, 2.75) is 44.7 Å². The first-order chi connectivity index (χ1) is 6.69. The van der Waals surface area contributed by atoms with E-state index < -0.39 is 0 Å². The van der Waals surface area contributed by atoms with E-state index in [0.29, 0.717) is 19.6 Å². The first-order valence-corrected chi connectivity index (χ1v) is 5.13. The molecule has 0 aliphatic heterocycles. The second-order valence-corrected chi connectivity index (χ2v) is 3.66. The summed E-state index contributed by atoms with van der Waals surface area (Å²) in [5, 5.41) is 9.42. The molecule has 84 valence electrons.